The lowest BCUT2D eigenvalue weighted by Gasteiger charge is -2.13. The van der Waals surface area contributed by atoms with Gasteiger partial charge in [0.15, 0.2) is 0 Å². The second-order valence-electron chi connectivity index (χ2n) is 5.39. The van der Waals surface area contributed by atoms with E-state index in [2.05, 4.69) is 15.7 Å². The van der Waals surface area contributed by atoms with Crippen molar-refractivity contribution < 1.29 is 33.4 Å². The molecule has 0 heterocycles. The zero-order valence-corrected chi connectivity index (χ0v) is 16.0. The first kappa shape index (κ1) is 22.5. The van der Waals surface area contributed by atoms with Gasteiger partial charge in [0.1, 0.15) is 6.04 Å². The smallest absolute Gasteiger partial charge is 0.434 e. The van der Waals surface area contributed by atoms with Crippen LogP contribution in [0.25, 0.3) is 0 Å². The highest BCUT2D eigenvalue weighted by atomic mass is 16.7. The van der Waals surface area contributed by atoms with Crippen LogP contribution in [0.1, 0.15) is 31.1 Å². The Balaban J connectivity index is 2.46. The van der Waals surface area contributed by atoms with Gasteiger partial charge < -0.3 is 19.5 Å². The topological polar surface area (TPSA) is 136 Å². The average molecular weight is 394 g/mol. The van der Waals surface area contributed by atoms with Crippen LogP contribution in [0.15, 0.2) is 34.6 Å². The molecule has 0 spiro atoms. The molecule has 1 aromatic rings. The van der Waals surface area contributed by atoms with Crippen LogP contribution >= 0.6 is 0 Å². The van der Waals surface area contributed by atoms with Gasteiger partial charge in [0.2, 0.25) is 12.7 Å². The highest BCUT2D eigenvalue weighted by Gasteiger charge is 2.16. The molecule has 0 aromatic heterocycles. The summed E-state index contributed by atoms with van der Waals surface area (Å²) in [6.07, 6.45) is -0.910. The van der Waals surface area contributed by atoms with Gasteiger partial charge in [0.05, 0.1) is 17.9 Å². The highest BCUT2D eigenvalue weighted by Crippen LogP contribution is 2.14. The second-order valence-corrected chi connectivity index (χ2v) is 5.39. The minimum atomic E-state index is -0.910. The number of carbonyl (C=O) groups excluding carboxylic acids is 4. The Labute approximate surface area is 161 Å². The Hall–Kier alpha value is -3.50. The summed E-state index contributed by atoms with van der Waals surface area (Å²) in [4.78, 5) is 45.7. The van der Waals surface area contributed by atoms with Gasteiger partial charge in [-0.2, -0.15) is 5.01 Å². The van der Waals surface area contributed by atoms with E-state index in [9.17, 15) is 19.2 Å². The van der Waals surface area contributed by atoms with Crippen LogP contribution in [-0.4, -0.2) is 55.4 Å². The second kappa shape index (κ2) is 11.3. The van der Waals surface area contributed by atoms with Crippen molar-refractivity contribution in [2.75, 3.05) is 20.4 Å². The molecule has 1 unspecified atom stereocenters. The summed E-state index contributed by atoms with van der Waals surface area (Å²) in [6.45, 7) is 4.03. The molecular formula is C17H22N4O7. The maximum absolute atomic E-state index is 11.7. The standard InChI is InChI=1S/C17H22N4O7/c1-5-26-16(24)13-6-8-14(9-7-13)19-20-21(4)17(25)28-10-27-15(23)11(2)18-12(3)22/h6-9,11H,5,10H2,1-4H3,(H,18,22). The Morgan fingerprint density at radius 3 is 2.32 bits per heavy atom. The van der Waals surface area contributed by atoms with Crippen molar-refractivity contribution in [1.82, 2.24) is 10.3 Å². The number of nitrogens with zero attached hydrogens (tertiary/aromatic N) is 3. The molecule has 1 atom stereocenters. The number of nitrogens with one attached hydrogen (secondary N) is 1. The first-order chi connectivity index (χ1) is 13.2. The maximum Gasteiger partial charge on any atom is 0.434 e. The molecule has 0 aliphatic rings. The van der Waals surface area contributed by atoms with Gasteiger partial charge >= 0.3 is 18.0 Å². The van der Waals surface area contributed by atoms with E-state index in [1.165, 1.54) is 45.2 Å². The summed E-state index contributed by atoms with van der Waals surface area (Å²) in [7, 11) is 1.29. The molecule has 11 nitrogen and oxygen atoms in total. The summed E-state index contributed by atoms with van der Waals surface area (Å²) >= 11 is 0. The number of amides is 2. The predicted octanol–water partition coefficient (Wildman–Crippen LogP) is 1.96. The van der Waals surface area contributed by atoms with Gasteiger partial charge in [-0.3, -0.25) is 4.79 Å². The molecule has 11 heteroatoms. The van der Waals surface area contributed by atoms with Crippen molar-refractivity contribution in [3.8, 4) is 0 Å². The number of hydrogen-bond donors (Lipinski definition) is 1. The number of esters is 2. The van der Waals surface area contributed by atoms with Crippen LogP contribution in [0, 0.1) is 0 Å². The fourth-order valence-electron chi connectivity index (χ4n) is 1.75. The van der Waals surface area contributed by atoms with Crippen LogP contribution in [0.3, 0.4) is 0 Å². The Kier molecular flexibility index (Phi) is 9.07. The van der Waals surface area contributed by atoms with Crippen molar-refractivity contribution in [2.45, 2.75) is 26.8 Å². The third-order valence-electron chi connectivity index (χ3n) is 3.09. The normalized spacial score (nSPS) is 11.4. The lowest BCUT2D eigenvalue weighted by Crippen LogP contribution is -2.38. The summed E-state index contributed by atoms with van der Waals surface area (Å²) in [6, 6.07) is 5.22. The molecule has 0 aliphatic heterocycles. The lowest BCUT2D eigenvalue weighted by atomic mass is 10.2. The summed E-state index contributed by atoms with van der Waals surface area (Å²) in [5.41, 5.74) is 0.757. The van der Waals surface area contributed by atoms with Gasteiger partial charge in [-0.15, -0.1) is 5.11 Å². The zero-order chi connectivity index (χ0) is 21.1. The first-order valence-corrected chi connectivity index (χ1v) is 8.27. The van der Waals surface area contributed by atoms with Gasteiger partial charge in [0.25, 0.3) is 0 Å². The number of hydrogen-bond acceptors (Lipinski definition) is 9. The fourth-order valence-corrected chi connectivity index (χ4v) is 1.75. The molecule has 1 aromatic carbocycles. The van der Waals surface area contributed by atoms with Crippen molar-refractivity contribution in [1.29, 1.82) is 0 Å². The van der Waals surface area contributed by atoms with E-state index in [1.807, 2.05) is 0 Å². The van der Waals surface area contributed by atoms with E-state index in [-0.39, 0.29) is 6.61 Å². The minimum Gasteiger partial charge on any atom is -0.462 e. The molecule has 0 saturated carbocycles. The minimum absolute atomic E-state index is 0.272. The Morgan fingerprint density at radius 1 is 1.11 bits per heavy atom. The van der Waals surface area contributed by atoms with E-state index < -0.39 is 36.8 Å². The van der Waals surface area contributed by atoms with Crippen molar-refractivity contribution in [3.05, 3.63) is 29.8 Å². The summed E-state index contributed by atoms with van der Waals surface area (Å²) in [5, 5.41) is 10.6. The Morgan fingerprint density at radius 2 is 1.75 bits per heavy atom. The fraction of sp³-hybridized carbons (Fsp3) is 0.412. The lowest BCUT2D eigenvalue weighted by molar-refractivity contribution is -0.155. The number of ether oxygens (including phenoxy) is 3. The predicted molar refractivity (Wildman–Crippen MR) is 95.4 cm³/mol. The van der Waals surface area contributed by atoms with Crippen molar-refractivity contribution >= 4 is 29.6 Å². The summed E-state index contributed by atoms with van der Waals surface area (Å²) < 4.78 is 14.3. The molecule has 0 aliphatic carbocycles. The molecule has 1 N–H and O–H groups in total. The van der Waals surface area contributed by atoms with Crippen LogP contribution in [0.4, 0.5) is 10.5 Å². The van der Waals surface area contributed by atoms with Gasteiger partial charge in [-0.1, -0.05) is 5.22 Å². The van der Waals surface area contributed by atoms with E-state index in [4.69, 9.17) is 14.2 Å². The average Bonchev–Trinajstić information content (AvgIpc) is 2.65. The van der Waals surface area contributed by atoms with Crippen LogP contribution in [0.2, 0.25) is 0 Å². The molecule has 0 fully saturated rings. The van der Waals surface area contributed by atoms with Gasteiger partial charge in [-0.05, 0) is 38.1 Å². The first-order valence-electron chi connectivity index (χ1n) is 8.27. The monoisotopic (exact) mass is 394 g/mol. The molecule has 152 valence electrons. The van der Waals surface area contributed by atoms with E-state index in [0.29, 0.717) is 11.3 Å². The quantitative estimate of drug-likeness (QED) is 0.308. The third kappa shape index (κ3) is 7.81. The molecule has 0 saturated heterocycles. The maximum atomic E-state index is 11.7. The Bertz CT molecular complexity index is 734. The highest BCUT2D eigenvalue weighted by molar-refractivity contribution is 5.89. The number of carbonyl (C=O) groups is 4. The van der Waals surface area contributed by atoms with E-state index >= 15 is 0 Å². The van der Waals surface area contributed by atoms with Crippen LogP contribution in [0.5, 0.6) is 0 Å². The molecule has 28 heavy (non-hydrogen) atoms. The number of rotatable bonds is 8. The largest absolute Gasteiger partial charge is 0.462 e. The van der Waals surface area contributed by atoms with Gasteiger partial charge in [0, 0.05) is 14.0 Å². The molecule has 1 rings (SSSR count). The van der Waals surface area contributed by atoms with E-state index in [1.54, 1.807) is 6.92 Å². The van der Waals surface area contributed by atoms with Crippen molar-refractivity contribution in [2.24, 2.45) is 10.3 Å². The van der Waals surface area contributed by atoms with Crippen LogP contribution < -0.4 is 5.32 Å². The van der Waals surface area contributed by atoms with E-state index in [0.717, 1.165) is 5.01 Å². The molecule has 0 radical (unpaired) electrons. The van der Waals surface area contributed by atoms with Gasteiger partial charge in [-0.25, -0.2) is 14.4 Å². The number of benzene rings is 1. The molecule has 0 bridgehead atoms. The third-order valence-corrected chi connectivity index (χ3v) is 3.09. The van der Waals surface area contributed by atoms with Crippen molar-refractivity contribution in [3.63, 3.8) is 0 Å². The molecular weight excluding hydrogens is 372 g/mol. The zero-order valence-electron chi connectivity index (χ0n) is 16.0. The summed E-state index contributed by atoms with van der Waals surface area (Å²) in [5.74, 6) is -1.60. The SMILES string of the molecule is CCOC(=O)c1ccc(N=NN(C)C(=O)OCOC(=O)C(C)NC(C)=O)cc1. The molecule has 2 amide bonds. The van der Waals surface area contributed by atoms with Crippen LogP contribution in [-0.2, 0) is 23.8 Å².